The SMILES string of the molecule is Cc1cccc(Nc2nnc(SCc3cn4cccnc4n3)s2)c1. The molecule has 0 bridgehead atoms. The van der Waals surface area contributed by atoms with Crippen molar-refractivity contribution in [2.45, 2.75) is 17.0 Å². The third-order valence-corrected chi connectivity index (χ3v) is 5.31. The van der Waals surface area contributed by atoms with Gasteiger partial charge in [-0.25, -0.2) is 9.97 Å². The first-order valence-corrected chi connectivity index (χ1v) is 9.15. The van der Waals surface area contributed by atoms with Gasteiger partial charge in [-0.2, -0.15) is 0 Å². The molecule has 0 saturated carbocycles. The van der Waals surface area contributed by atoms with Crippen molar-refractivity contribution in [1.29, 1.82) is 0 Å². The Morgan fingerprint density at radius 2 is 2.21 bits per heavy atom. The molecular formula is C16H14N6S2. The molecule has 0 aliphatic carbocycles. The Morgan fingerprint density at radius 1 is 1.25 bits per heavy atom. The summed E-state index contributed by atoms with van der Waals surface area (Å²) in [6.45, 7) is 2.07. The van der Waals surface area contributed by atoms with Gasteiger partial charge in [0.1, 0.15) is 0 Å². The van der Waals surface area contributed by atoms with Crippen molar-refractivity contribution >= 4 is 39.7 Å². The van der Waals surface area contributed by atoms with Gasteiger partial charge in [-0.15, -0.1) is 10.2 Å². The van der Waals surface area contributed by atoms with Crippen LogP contribution >= 0.6 is 23.1 Å². The van der Waals surface area contributed by atoms with Crippen LogP contribution < -0.4 is 5.32 Å². The van der Waals surface area contributed by atoms with E-state index in [1.165, 1.54) is 16.9 Å². The van der Waals surface area contributed by atoms with Crippen LogP contribution in [0.15, 0.2) is 53.3 Å². The van der Waals surface area contributed by atoms with Gasteiger partial charge in [0.15, 0.2) is 4.34 Å². The summed E-state index contributed by atoms with van der Waals surface area (Å²) in [4.78, 5) is 8.71. The summed E-state index contributed by atoms with van der Waals surface area (Å²) in [5, 5.41) is 12.5. The Balaban J connectivity index is 1.41. The van der Waals surface area contributed by atoms with E-state index in [9.17, 15) is 0 Å². The lowest BCUT2D eigenvalue weighted by molar-refractivity contribution is 1.01. The van der Waals surface area contributed by atoms with Crippen LogP contribution in [-0.4, -0.2) is 24.6 Å². The average molecular weight is 354 g/mol. The summed E-state index contributed by atoms with van der Waals surface area (Å²) in [6.07, 6.45) is 5.67. The van der Waals surface area contributed by atoms with E-state index in [2.05, 4.69) is 44.5 Å². The molecule has 120 valence electrons. The summed E-state index contributed by atoms with van der Waals surface area (Å²) >= 11 is 3.16. The fourth-order valence-electron chi connectivity index (χ4n) is 2.25. The van der Waals surface area contributed by atoms with Gasteiger partial charge in [0.25, 0.3) is 0 Å². The Hall–Kier alpha value is -2.45. The number of nitrogens with zero attached hydrogens (tertiary/aromatic N) is 5. The van der Waals surface area contributed by atoms with Crippen molar-refractivity contribution in [1.82, 2.24) is 24.6 Å². The van der Waals surface area contributed by atoms with Gasteiger partial charge in [-0.3, -0.25) is 4.40 Å². The molecule has 0 aliphatic rings. The van der Waals surface area contributed by atoms with Crippen molar-refractivity contribution in [3.05, 3.63) is 60.2 Å². The molecular weight excluding hydrogens is 340 g/mol. The van der Waals surface area contributed by atoms with Crippen LogP contribution in [-0.2, 0) is 5.75 Å². The molecule has 0 spiro atoms. The first-order chi connectivity index (χ1) is 11.8. The molecule has 1 N–H and O–H groups in total. The van der Waals surface area contributed by atoms with Crippen LogP contribution in [0, 0.1) is 6.92 Å². The monoisotopic (exact) mass is 354 g/mol. The predicted molar refractivity (Wildman–Crippen MR) is 96.9 cm³/mol. The Labute approximate surface area is 147 Å². The second-order valence-electron chi connectivity index (χ2n) is 5.22. The van der Waals surface area contributed by atoms with Crippen molar-refractivity contribution < 1.29 is 0 Å². The van der Waals surface area contributed by atoms with Gasteiger partial charge in [-0.1, -0.05) is 35.2 Å². The molecule has 3 aromatic heterocycles. The first kappa shape index (κ1) is 15.1. The molecule has 8 heteroatoms. The highest BCUT2D eigenvalue weighted by Crippen LogP contribution is 2.29. The maximum absolute atomic E-state index is 4.48. The van der Waals surface area contributed by atoms with Crippen LogP contribution in [0.4, 0.5) is 10.8 Å². The number of thioether (sulfide) groups is 1. The molecule has 0 saturated heterocycles. The summed E-state index contributed by atoms with van der Waals surface area (Å²) in [6, 6.07) is 10.1. The van der Waals surface area contributed by atoms with E-state index in [1.54, 1.807) is 18.0 Å². The first-order valence-electron chi connectivity index (χ1n) is 7.35. The number of anilines is 2. The lowest BCUT2D eigenvalue weighted by Gasteiger charge is -2.01. The smallest absolute Gasteiger partial charge is 0.233 e. The summed E-state index contributed by atoms with van der Waals surface area (Å²) in [5.41, 5.74) is 3.20. The number of hydrogen-bond acceptors (Lipinski definition) is 7. The van der Waals surface area contributed by atoms with Gasteiger partial charge in [0.05, 0.1) is 5.69 Å². The number of nitrogens with one attached hydrogen (secondary N) is 1. The third-order valence-electron chi connectivity index (χ3n) is 3.30. The van der Waals surface area contributed by atoms with Crippen molar-refractivity contribution in [3.8, 4) is 0 Å². The highest BCUT2D eigenvalue weighted by molar-refractivity contribution is 8.00. The molecule has 0 aliphatic heterocycles. The number of fused-ring (bicyclic) bond motifs is 1. The van der Waals surface area contributed by atoms with E-state index in [4.69, 9.17) is 0 Å². The molecule has 6 nitrogen and oxygen atoms in total. The number of aryl methyl sites for hydroxylation is 1. The molecule has 3 heterocycles. The molecule has 4 rings (SSSR count). The highest BCUT2D eigenvalue weighted by Gasteiger charge is 2.08. The Kier molecular flexibility index (Phi) is 4.14. The third kappa shape index (κ3) is 3.39. The van der Waals surface area contributed by atoms with Crippen LogP contribution in [0.5, 0.6) is 0 Å². The van der Waals surface area contributed by atoms with Gasteiger partial charge in [0.2, 0.25) is 10.9 Å². The molecule has 0 atom stereocenters. The minimum Gasteiger partial charge on any atom is -0.330 e. The fourth-order valence-corrected chi connectivity index (χ4v) is 3.91. The number of aromatic nitrogens is 5. The number of benzene rings is 1. The number of imidazole rings is 1. The van der Waals surface area contributed by atoms with Gasteiger partial charge in [-0.05, 0) is 30.7 Å². The zero-order valence-corrected chi connectivity index (χ0v) is 14.5. The van der Waals surface area contributed by atoms with Crippen LogP contribution in [0.2, 0.25) is 0 Å². The molecule has 0 amide bonds. The molecule has 1 aromatic carbocycles. The van der Waals surface area contributed by atoms with E-state index < -0.39 is 0 Å². The second kappa shape index (κ2) is 6.58. The average Bonchev–Trinajstić information content (AvgIpc) is 3.19. The lowest BCUT2D eigenvalue weighted by atomic mass is 10.2. The summed E-state index contributed by atoms with van der Waals surface area (Å²) < 4.78 is 2.83. The normalized spacial score (nSPS) is 11.0. The van der Waals surface area contributed by atoms with Crippen LogP contribution in [0.25, 0.3) is 5.78 Å². The largest absolute Gasteiger partial charge is 0.330 e. The van der Waals surface area contributed by atoms with Crippen LogP contribution in [0.1, 0.15) is 11.3 Å². The zero-order valence-electron chi connectivity index (χ0n) is 12.9. The van der Waals surface area contributed by atoms with Gasteiger partial charge in [0, 0.05) is 30.0 Å². The minimum atomic E-state index is 0.715. The molecule has 0 unspecified atom stereocenters. The Bertz CT molecular complexity index is 944. The topological polar surface area (TPSA) is 68.0 Å². The maximum Gasteiger partial charge on any atom is 0.233 e. The van der Waals surface area contributed by atoms with E-state index in [-0.39, 0.29) is 0 Å². The maximum atomic E-state index is 4.48. The van der Waals surface area contributed by atoms with E-state index in [1.807, 2.05) is 35.0 Å². The van der Waals surface area contributed by atoms with Crippen molar-refractivity contribution in [3.63, 3.8) is 0 Å². The standard InChI is InChI=1S/C16H14N6S2/c1-11-4-2-5-12(8-11)19-15-20-21-16(24-15)23-10-13-9-22-7-3-6-17-14(22)18-13/h2-9H,10H2,1H3,(H,19,20). The summed E-state index contributed by atoms with van der Waals surface area (Å²) in [5.74, 6) is 1.45. The Morgan fingerprint density at radius 3 is 3.08 bits per heavy atom. The van der Waals surface area contributed by atoms with Crippen molar-refractivity contribution in [2.75, 3.05) is 5.32 Å². The van der Waals surface area contributed by atoms with Gasteiger partial charge < -0.3 is 5.32 Å². The van der Waals surface area contributed by atoms with Crippen molar-refractivity contribution in [2.24, 2.45) is 0 Å². The number of rotatable bonds is 5. The van der Waals surface area contributed by atoms with E-state index in [0.29, 0.717) is 5.78 Å². The molecule has 0 fully saturated rings. The van der Waals surface area contributed by atoms with Gasteiger partial charge >= 0.3 is 0 Å². The van der Waals surface area contributed by atoms with E-state index in [0.717, 1.165) is 26.6 Å². The zero-order chi connectivity index (χ0) is 16.4. The predicted octanol–water partition coefficient (Wildman–Crippen LogP) is 3.93. The molecule has 4 aromatic rings. The molecule has 0 radical (unpaired) electrons. The quantitative estimate of drug-likeness (QED) is 0.548. The van der Waals surface area contributed by atoms with E-state index >= 15 is 0 Å². The number of hydrogen-bond donors (Lipinski definition) is 1. The van der Waals surface area contributed by atoms with Crippen LogP contribution in [0.3, 0.4) is 0 Å². The molecule has 24 heavy (non-hydrogen) atoms. The summed E-state index contributed by atoms with van der Waals surface area (Å²) in [7, 11) is 0. The highest BCUT2D eigenvalue weighted by atomic mass is 32.2. The minimum absolute atomic E-state index is 0.715. The lowest BCUT2D eigenvalue weighted by Crippen LogP contribution is -1.89. The fraction of sp³-hybridized carbons (Fsp3) is 0.125. The second-order valence-corrected chi connectivity index (χ2v) is 7.42.